The molecular formula is C9H3Cl2F3N2O. The first kappa shape index (κ1) is 12.3. The summed E-state index contributed by atoms with van der Waals surface area (Å²) in [5.74, 6) is -1.36. The van der Waals surface area contributed by atoms with Gasteiger partial charge in [-0.15, -0.1) is 0 Å². The lowest BCUT2D eigenvalue weighted by atomic mass is 10.2. The van der Waals surface area contributed by atoms with E-state index >= 15 is 0 Å². The van der Waals surface area contributed by atoms with Gasteiger partial charge < -0.3 is 0 Å². The molecule has 0 spiro atoms. The number of benzene rings is 1. The van der Waals surface area contributed by atoms with E-state index in [-0.39, 0.29) is 20.8 Å². The van der Waals surface area contributed by atoms with Crippen molar-refractivity contribution in [3.8, 4) is 0 Å². The molecule has 3 nitrogen and oxygen atoms in total. The monoisotopic (exact) mass is 282 g/mol. The van der Waals surface area contributed by atoms with Crippen LogP contribution >= 0.6 is 23.2 Å². The zero-order chi connectivity index (χ0) is 12.8. The van der Waals surface area contributed by atoms with Crippen LogP contribution in [0.3, 0.4) is 0 Å². The van der Waals surface area contributed by atoms with Crippen LogP contribution in [0.2, 0.25) is 10.0 Å². The van der Waals surface area contributed by atoms with Gasteiger partial charge in [0.25, 0.3) is 5.91 Å². The van der Waals surface area contributed by atoms with Crippen LogP contribution in [0.15, 0.2) is 22.1 Å². The summed E-state index contributed by atoms with van der Waals surface area (Å²) < 4.78 is 37.3. The van der Waals surface area contributed by atoms with E-state index in [0.29, 0.717) is 0 Å². The molecule has 1 unspecified atom stereocenters. The summed E-state index contributed by atoms with van der Waals surface area (Å²) in [5, 5.41) is 0.0495. The summed E-state index contributed by atoms with van der Waals surface area (Å²) in [5.41, 5.74) is 0. The van der Waals surface area contributed by atoms with Crippen LogP contribution in [-0.4, -0.2) is 18.1 Å². The Bertz CT molecular complexity index is 612. The van der Waals surface area contributed by atoms with Crippen molar-refractivity contribution in [2.45, 2.75) is 12.2 Å². The zero-order valence-corrected chi connectivity index (χ0v) is 9.44. The van der Waals surface area contributed by atoms with Gasteiger partial charge in [-0.25, -0.2) is 4.99 Å². The lowest BCUT2D eigenvalue weighted by Gasteiger charge is -2.14. The predicted octanol–water partition coefficient (Wildman–Crippen LogP) is 1.70. The number of alkyl halides is 3. The van der Waals surface area contributed by atoms with Crippen molar-refractivity contribution in [1.29, 1.82) is 0 Å². The number of halogens is 5. The minimum absolute atomic E-state index is 0.00935. The molecule has 0 saturated carbocycles. The normalized spacial score (nSPS) is 19.4. The highest BCUT2D eigenvalue weighted by Gasteiger charge is 2.45. The van der Waals surface area contributed by atoms with Crippen LogP contribution in [0.25, 0.3) is 0 Å². The molecule has 0 N–H and O–H groups in total. The summed E-state index contributed by atoms with van der Waals surface area (Å²) in [6.45, 7) is 0. The number of hydrogen-bond acceptors (Lipinski definition) is 2. The minimum atomic E-state index is -4.76. The quantitative estimate of drug-likeness (QED) is 0.714. The summed E-state index contributed by atoms with van der Waals surface area (Å²) in [6.07, 6.45) is -4.76. The summed E-state index contributed by atoms with van der Waals surface area (Å²) in [6, 6.07) is -0.117. The van der Waals surface area contributed by atoms with Crippen molar-refractivity contribution >= 4 is 29.1 Å². The van der Waals surface area contributed by atoms with Gasteiger partial charge in [0, 0.05) is 0 Å². The van der Waals surface area contributed by atoms with E-state index in [2.05, 4.69) is 9.98 Å². The third kappa shape index (κ3) is 2.28. The Morgan fingerprint density at radius 3 is 2.18 bits per heavy atom. The van der Waals surface area contributed by atoms with Crippen molar-refractivity contribution in [3.63, 3.8) is 0 Å². The van der Waals surface area contributed by atoms with Gasteiger partial charge in [-0.1, -0.05) is 23.2 Å². The van der Waals surface area contributed by atoms with Gasteiger partial charge in [-0.2, -0.15) is 13.2 Å². The number of rotatable bonds is 0. The van der Waals surface area contributed by atoms with E-state index in [1.165, 1.54) is 6.07 Å². The Morgan fingerprint density at radius 1 is 1.12 bits per heavy atom. The first-order valence-corrected chi connectivity index (χ1v) is 5.07. The highest BCUT2D eigenvalue weighted by atomic mass is 35.5. The molecule has 0 aliphatic carbocycles. The molecule has 1 heterocycles. The maximum Gasteiger partial charge on any atom is 0.419 e. The van der Waals surface area contributed by atoms with Crippen LogP contribution in [0.5, 0.6) is 0 Å². The molecule has 1 amide bonds. The Balaban J connectivity index is 2.68. The van der Waals surface area contributed by atoms with E-state index in [9.17, 15) is 18.0 Å². The fourth-order valence-electron chi connectivity index (χ4n) is 1.31. The second-order valence-electron chi connectivity index (χ2n) is 3.28. The van der Waals surface area contributed by atoms with Gasteiger partial charge in [0.1, 0.15) is 0 Å². The minimum Gasteiger partial charge on any atom is -0.270 e. The van der Waals surface area contributed by atoms with Crippen molar-refractivity contribution in [1.82, 2.24) is 0 Å². The van der Waals surface area contributed by atoms with E-state index in [4.69, 9.17) is 23.2 Å². The van der Waals surface area contributed by atoms with Gasteiger partial charge in [0.05, 0.1) is 20.8 Å². The number of fused-ring (bicyclic) bond motifs is 1. The number of amides is 1. The van der Waals surface area contributed by atoms with Crippen LogP contribution in [0.1, 0.15) is 0 Å². The van der Waals surface area contributed by atoms with E-state index in [1.807, 2.05) is 0 Å². The second-order valence-corrected chi connectivity index (χ2v) is 4.09. The molecular weight excluding hydrogens is 280 g/mol. The molecule has 0 radical (unpaired) electrons. The number of carbonyl (C=O) groups excluding carboxylic acids is 1. The molecule has 1 aromatic carbocycles. The van der Waals surface area contributed by atoms with Crippen LogP contribution in [0, 0.1) is 0 Å². The zero-order valence-electron chi connectivity index (χ0n) is 7.92. The third-order valence-corrected chi connectivity index (χ3v) is 2.78. The van der Waals surface area contributed by atoms with E-state index < -0.39 is 18.1 Å². The Morgan fingerprint density at radius 2 is 1.65 bits per heavy atom. The summed E-state index contributed by atoms with van der Waals surface area (Å²) in [7, 11) is 0. The maximum atomic E-state index is 12.4. The lowest BCUT2D eigenvalue weighted by Crippen LogP contribution is -2.43. The molecule has 8 heteroatoms. The molecule has 1 atom stereocenters. The molecule has 1 aromatic rings. The van der Waals surface area contributed by atoms with Gasteiger partial charge in [0.15, 0.2) is 0 Å². The van der Waals surface area contributed by atoms with E-state index in [0.717, 1.165) is 6.07 Å². The standard InChI is InChI=1S/C9H3Cl2F3N2O/c10-3-1-5-6(2-4(3)11)16-8(17)7(15-5)9(12,13)14/h1-2,7H. The number of nitrogens with zero attached hydrogens (tertiary/aromatic N) is 2. The fourth-order valence-corrected chi connectivity index (χ4v) is 1.62. The van der Waals surface area contributed by atoms with Crippen molar-refractivity contribution in [3.05, 3.63) is 32.9 Å². The first-order valence-electron chi connectivity index (χ1n) is 4.31. The summed E-state index contributed by atoms with van der Waals surface area (Å²) >= 11 is 11.3. The molecule has 17 heavy (non-hydrogen) atoms. The topological polar surface area (TPSA) is 41.8 Å². The van der Waals surface area contributed by atoms with Crippen molar-refractivity contribution < 1.29 is 18.0 Å². The largest absolute Gasteiger partial charge is 0.419 e. The van der Waals surface area contributed by atoms with Crippen LogP contribution in [0.4, 0.5) is 13.2 Å². The highest BCUT2D eigenvalue weighted by molar-refractivity contribution is 6.41. The van der Waals surface area contributed by atoms with E-state index in [1.54, 1.807) is 0 Å². The molecule has 1 aliphatic rings. The molecule has 1 aliphatic heterocycles. The van der Waals surface area contributed by atoms with Gasteiger partial charge in [-0.3, -0.25) is 9.79 Å². The lowest BCUT2D eigenvalue weighted by molar-refractivity contribution is -0.161. The SMILES string of the molecule is O=C1N=c2cc(Cl)c(Cl)cc2=NC1C(F)(F)F. The van der Waals surface area contributed by atoms with Gasteiger partial charge >= 0.3 is 6.18 Å². The number of hydrogen-bond donors (Lipinski definition) is 0. The molecule has 2 rings (SSSR count). The predicted molar refractivity (Wildman–Crippen MR) is 53.6 cm³/mol. The smallest absolute Gasteiger partial charge is 0.270 e. The fraction of sp³-hybridized carbons (Fsp3) is 0.222. The maximum absolute atomic E-state index is 12.4. The Hall–Kier alpha value is -1.14. The summed E-state index contributed by atoms with van der Waals surface area (Å²) in [4.78, 5) is 17.7. The molecule has 0 saturated heterocycles. The van der Waals surface area contributed by atoms with Crippen LogP contribution < -0.4 is 10.7 Å². The first-order chi connectivity index (χ1) is 7.79. The molecule has 0 fully saturated rings. The molecule has 0 aromatic heterocycles. The third-order valence-electron chi connectivity index (χ3n) is 2.06. The van der Waals surface area contributed by atoms with Crippen LogP contribution in [-0.2, 0) is 4.79 Å². The van der Waals surface area contributed by atoms with Crippen molar-refractivity contribution in [2.75, 3.05) is 0 Å². The molecule has 0 bridgehead atoms. The molecule has 90 valence electrons. The average molecular weight is 283 g/mol. The highest BCUT2D eigenvalue weighted by Crippen LogP contribution is 2.24. The van der Waals surface area contributed by atoms with Gasteiger partial charge in [0.2, 0.25) is 6.04 Å². The van der Waals surface area contributed by atoms with Gasteiger partial charge in [-0.05, 0) is 12.1 Å². The average Bonchev–Trinajstić information content (AvgIpc) is 2.18. The Kier molecular flexibility index (Phi) is 2.87. The van der Waals surface area contributed by atoms with Crippen molar-refractivity contribution in [2.24, 2.45) is 9.98 Å². The second kappa shape index (κ2) is 3.96. The number of carbonyl (C=O) groups is 1. The Labute approximate surface area is 103 Å².